The summed E-state index contributed by atoms with van der Waals surface area (Å²) in [5, 5.41) is 20.2. The topological polar surface area (TPSA) is 105 Å². The van der Waals surface area contributed by atoms with Crippen LogP contribution in [-0.2, 0) is 11.3 Å². The second-order valence-electron chi connectivity index (χ2n) is 7.41. The Morgan fingerprint density at radius 1 is 1.20 bits per heavy atom. The predicted molar refractivity (Wildman–Crippen MR) is 116 cm³/mol. The molecular weight excluding hydrogens is 402 g/mol. The van der Waals surface area contributed by atoms with Crippen molar-refractivity contribution < 1.29 is 14.6 Å². The molecule has 1 amide bonds. The first kappa shape index (κ1) is 20.5. The highest BCUT2D eigenvalue weighted by Gasteiger charge is 2.29. The van der Waals surface area contributed by atoms with Gasteiger partial charge in [-0.05, 0) is 25.0 Å². The van der Waals surface area contributed by atoms with Gasteiger partial charge in [0.15, 0.2) is 0 Å². The van der Waals surface area contributed by atoms with Crippen LogP contribution in [0.3, 0.4) is 0 Å². The maximum absolute atomic E-state index is 12.3. The van der Waals surface area contributed by atoms with Gasteiger partial charge >= 0.3 is 6.09 Å². The van der Waals surface area contributed by atoms with Gasteiger partial charge in [-0.25, -0.2) is 4.79 Å². The highest BCUT2D eigenvalue weighted by Crippen LogP contribution is 2.39. The van der Waals surface area contributed by atoms with Crippen molar-refractivity contribution in [2.45, 2.75) is 26.7 Å². The standard InChI is InChI=1S/C21H25N5O3S/c1-13-14(2)23-24-19-16(13)17(22)18(30-19)20(27)25-8-10-26(11-9-25)21(28)29-12-15-6-4-3-5-7-15/h3-7,20,27H,8-12,22H2,1-2H3. The number of rotatable bonds is 4. The van der Waals surface area contributed by atoms with Crippen molar-refractivity contribution in [2.75, 3.05) is 31.9 Å². The zero-order valence-electron chi connectivity index (χ0n) is 17.0. The number of carbonyl (C=O) groups is 1. The maximum atomic E-state index is 12.3. The van der Waals surface area contributed by atoms with Crippen molar-refractivity contribution in [3.8, 4) is 0 Å². The highest BCUT2D eigenvalue weighted by molar-refractivity contribution is 7.19. The van der Waals surface area contributed by atoms with E-state index >= 15 is 0 Å². The number of aliphatic hydroxyl groups is 1. The zero-order valence-corrected chi connectivity index (χ0v) is 17.9. The predicted octanol–water partition coefficient (Wildman–Crippen LogP) is 2.84. The number of piperazine rings is 1. The van der Waals surface area contributed by atoms with Crippen LogP contribution in [0.25, 0.3) is 10.2 Å². The minimum Gasteiger partial charge on any atom is -0.445 e. The summed E-state index contributed by atoms with van der Waals surface area (Å²) >= 11 is 1.37. The third kappa shape index (κ3) is 3.96. The van der Waals surface area contributed by atoms with E-state index in [-0.39, 0.29) is 12.7 Å². The maximum Gasteiger partial charge on any atom is 0.410 e. The Kier molecular flexibility index (Phi) is 5.85. The molecule has 0 aliphatic carbocycles. The van der Waals surface area contributed by atoms with Gasteiger partial charge in [-0.2, -0.15) is 5.10 Å². The summed E-state index contributed by atoms with van der Waals surface area (Å²) in [6.07, 6.45) is -1.18. The molecule has 2 aromatic heterocycles. The van der Waals surface area contributed by atoms with E-state index in [1.807, 2.05) is 49.1 Å². The number of nitrogen functional groups attached to an aromatic ring is 1. The molecule has 1 saturated heterocycles. The fourth-order valence-electron chi connectivity index (χ4n) is 3.57. The lowest BCUT2D eigenvalue weighted by molar-refractivity contribution is -0.0247. The van der Waals surface area contributed by atoms with Crippen LogP contribution in [0.2, 0.25) is 0 Å². The van der Waals surface area contributed by atoms with Gasteiger partial charge in [-0.15, -0.1) is 16.4 Å². The number of aryl methyl sites for hydroxylation is 2. The van der Waals surface area contributed by atoms with Gasteiger partial charge in [-0.1, -0.05) is 30.3 Å². The third-order valence-electron chi connectivity index (χ3n) is 5.52. The molecule has 30 heavy (non-hydrogen) atoms. The first-order chi connectivity index (χ1) is 14.5. The van der Waals surface area contributed by atoms with Crippen LogP contribution in [0.4, 0.5) is 10.5 Å². The average Bonchev–Trinajstić information content (AvgIpc) is 3.12. The van der Waals surface area contributed by atoms with E-state index in [1.165, 1.54) is 11.3 Å². The van der Waals surface area contributed by atoms with E-state index in [0.717, 1.165) is 27.0 Å². The molecule has 1 fully saturated rings. The van der Waals surface area contributed by atoms with E-state index in [0.29, 0.717) is 36.7 Å². The molecule has 0 bridgehead atoms. The number of ether oxygens (including phenoxy) is 1. The number of nitrogens with zero attached hydrogens (tertiary/aromatic N) is 4. The first-order valence-electron chi connectivity index (χ1n) is 9.85. The van der Waals surface area contributed by atoms with Crippen LogP contribution in [-0.4, -0.2) is 57.4 Å². The van der Waals surface area contributed by atoms with Gasteiger partial charge in [0.05, 0.1) is 16.3 Å². The number of aliphatic hydroxyl groups excluding tert-OH is 1. The molecule has 0 radical (unpaired) electrons. The molecule has 158 valence electrons. The summed E-state index contributed by atoms with van der Waals surface area (Å²) in [5.74, 6) is 0. The summed E-state index contributed by atoms with van der Waals surface area (Å²) in [5.41, 5.74) is 9.68. The fraction of sp³-hybridized carbons (Fsp3) is 0.381. The monoisotopic (exact) mass is 427 g/mol. The molecule has 8 nitrogen and oxygen atoms in total. The number of anilines is 1. The number of amides is 1. The molecule has 3 heterocycles. The van der Waals surface area contributed by atoms with Crippen molar-refractivity contribution in [1.82, 2.24) is 20.0 Å². The van der Waals surface area contributed by atoms with Crippen molar-refractivity contribution in [2.24, 2.45) is 0 Å². The average molecular weight is 428 g/mol. The molecule has 1 aromatic carbocycles. The number of aromatic nitrogens is 2. The molecule has 9 heteroatoms. The normalized spacial score (nSPS) is 16.0. The van der Waals surface area contributed by atoms with E-state index in [2.05, 4.69) is 10.2 Å². The van der Waals surface area contributed by atoms with Crippen molar-refractivity contribution >= 4 is 33.3 Å². The molecule has 3 aromatic rings. The highest BCUT2D eigenvalue weighted by atomic mass is 32.1. The van der Waals surface area contributed by atoms with E-state index < -0.39 is 6.23 Å². The number of hydrogen-bond donors (Lipinski definition) is 2. The lowest BCUT2D eigenvalue weighted by Gasteiger charge is -2.36. The summed E-state index contributed by atoms with van der Waals surface area (Å²) < 4.78 is 5.40. The fourth-order valence-corrected chi connectivity index (χ4v) is 4.70. The smallest absolute Gasteiger partial charge is 0.410 e. The Hall–Kier alpha value is -2.75. The number of nitrogens with two attached hydrogens (primary N) is 1. The largest absolute Gasteiger partial charge is 0.445 e. The van der Waals surface area contributed by atoms with Crippen LogP contribution < -0.4 is 5.73 Å². The van der Waals surface area contributed by atoms with E-state index in [1.54, 1.807) is 4.90 Å². The Morgan fingerprint density at radius 2 is 1.90 bits per heavy atom. The number of fused-ring (bicyclic) bond motifs is 1. The molecule has 1 aliphatic rings. The lowest BCUT2D eigenvalue weighted by atomic mass is 10.1. The number of hydrogen-bond acceptors (Lipinski definition) is 8. The van der Waals surface area contributed by atoms with Gasteiger partial charge in [0, 0.05) is 31.6 Å². The minimum absolute atomic E-state index is 0.251. The Balaban J connectivity index is 1.38. The molecule has 1 atom stereocenters. The summed E-state index contributed by atoms with van der Waals surface area (Å²) in [7, 11) is 0. The van der Waals surface area contributed by atoms with Crippen LogP contribution in [0.15, 0.2) is 30.3 Å². The summed E-state index contributed by atoms with van der Waals surface area (Å²) in [6.45, 7) is 6.12. The van der Waals surface area contributed by atoms with Gasteiger partial charge < -0.3 is 20.5 Å². The Morgan fingerprint density at radius 3 is 2.60 bits per heavy atom. The Bertz CT molecular complexity index is 1050. The van der Waals surface area contributed by atoms with Crippen molar-refractivity contribution in [3.63, 3.8) is 0 Å². The summed E-state index contributed by atoms with van der Waals surface area (Å²) in [6, 6.07) is 9.60. The Labute approximate surface area is 178 Å². The summed E-state index contributed by atoms with van der Waals surface area (Å²) in [4.78, 5) is 17.3. The van der Waals surface area contributed by atoms with E-state index in [4.69, 9.17) is 10.5 Å². The second-order valence-corrected chi connectivity index (χ2v) is 8.44. The van der Waals surface area contributed by atoms with Gasteiger partial charge in [-0.3, -0.25) is 4.90 Å². The molecular formula is C21H25N5O3S. The third-order valence-corrected chi connectivity index (χ3v) is 6.65. The quantitative estimate of drug-likeness (QED) is 0.660. The molecule has 0 saturated carbocycles. The van der Waals surface area contributed by atoms with Crippen LogP contribution in [0, 0.1) is 13.8 Å². The van der Waals surface area contributed by atoms with Crippen LogP contribution >= 0.6 is 11.3 Å². The zero-order chi connectivity index (χ0) is 21.3. The van der Waals surface area contributed by atoms with Crippen LogP contribution in [0.1, 0.15) is 27.9 Å². The van der Waals surface area contributed by atoms with E-state index in [9.17, 15) is 9.90 Å². The molecule has 0 spiro atoms. The van der Waals surface area contributed by atoms with Gasteiger partial charge in [0.25, 0.3) is 0 Å². The lowest BCUT2D eigenvalue weighted by Crippen LogP contribution is -2.49. The van der Waals surface area contributed by atoms with Gasteiger partial charge in [0.1, 0.15) is 17.7 Å². The van der Waals surface area contributed by atoms with Crippen molar-refractivity contribution in [3.05, 3.63) is 52.0 Å². The minimum atomic E-state index is -0.841. The molecule has 1 aliphatic heterocycles. The molecule has 3 N–H and O–H groups in total. The van der Waals surface area contributed by atoms with Crippen molar-refractivity contribution in [1.29, 1.82) is 0 Å². The number of thiophene rings is 1. The van der Waals surface area contributed by atoms with Gasteiger partial charge in [0.2, 0.25) is 0 Å². The first-order valence-corrected chi connectivity index (χ1v) is 10.7. The second kappa shape index (κ2) is 8.55. The SMILES string of the molecule is Cc1nnc2sc(C(O)N3CCN(C(=O)OCc4ccccc4)CC3)c(N)c2c1C. The molecule has 1 unspecified atom stereocenters. The molecule has 4 rings (SSSR count). The van der Waals surface area contributed by atoms with Crippen LogP contribution in [0.5, 0.6) is 0 Å². The number of carbonyl (C=O) groups excluding carboxylic acids is 1. The number of benzene rings is 1.